The van der Waals surface area contributed by atoms with Crippen LogP contribution >= 0.6 is 34.7 Å². The Morgan fingerprint density at radius 3 is 2.73 bits per heavy atom. The molecule has 0 unspecified atom stereocenters. The van der Waals surface area contributed by atoms with Crippen molar-refractivity contribution in [2.24, 2.45) is 0 Å². The molecule has 1 amide bonds. The quantitative estimate of drug-likeness (QED) is 0.459. The average Bonchev–Trinajstić information content (AvgIpc) is 3.08. The summed E-state index contributed by atoms with van der Waals surface area (Å²) in [6.07, 6.45) is 0. The normalized spacial score (nSPS) is 10.6. The van der Waals surface area contributed by atoms with Gasteiger partial charge in [0.25, 0.3) is 5.91 Å². The summed E-state index contributed by atoms with van der Waals surface area (Å²) in [5.41, 5.74) is 2.80. The zero-order chi connectivity index (χ0) is 18.5. The van der Waals surface area contributed by atoms with E-state index in [9.17, 15) is 4.79 Å². The zero-order valence-electron chi connectivity index (χ0n) is 14.2. The second-order valence-corrected chi connectivity index (χ2v) is 8.08. The molecule has 0 spiro atoms. The van der Waals surface area contributed by atoms with Crippen LogP contribution in [0.3, 0.4) is 0 Å². The summed E-state index contributed by atoms with van der Waals surface area (Å²) in [6, 6.07) is 13.2. The molecule has 8 heteroatoms. The van der Waals surface area contributed by atoms with Crippen LogP contribution in [0.15, 0.2) is 46.8 Å². The fraction of sp³-hybridized carbons (Fsp3) is 0.167. The second-order valence-electron chi connectivity index (χ2n) is 5.45. The van der Waals surface area contributed by atoms with Crippen molar-refractivity contribution in [2.45, 2.75) is 17.0 Å². The summed E-state index contributed by atoms with van der Waals surface area (Å²) in [5, 5.41) is 11.8. The Labute approximate surface area is 164 Å². The van der Waals surface area contributed by atoms with E-state index in [0.717, 1.165) is 10.1 Å². The number of aromatic nitrogens is 2. The number of aryl methyl sites for hydroxylation is 1. The first-order valence-electron chi connectivity index (χ1n) is 7.72. The van der Waals surface area contributed by atoms with Crippen LogP contribution in [0.5, 0.6) is 5.75 Å². The smallest absolute Gasteiger partial charge is 0.261 e. The molecule has 3 aromatic rings. The number of amides is 1. The number of ether oxygens (including phenoxy) is 1. The first kappa shape index (κ1) is 18.7. The van der Waals surface area contributed by atoms with Crippen molar-refractivity contribution in [1.29, 1.82) is 0 Å². The Bertz CT molecular complexity index is 913. The second kappa shape index (κ2) is 8.53. The molecule has 134 valence electrons. The highest BCUT2D eigenvalue weighted by atomic mass is 35.5. The van der Waals surface area contributed by atoms with Gasteiger partial charge in [0.05, 0.1) is 12.7 Å². The molecule has 0 bridgehead atoms. The summed E-state index contributed by atoms with van der Waals surface area (Å²) in [5.74, 6) is 0.909. The number of nitrogens with one attached hydrogen (secondary N) is 1. The Morgan fingerprint density at radius 2 is 2.00 bits per heavy atom. The van der Waals surface area contributed by atoms with Gasteiger partial charge < -0.3 is 4.74 Å². The Morgan fingerprint density at radius 1 is 1.23 bits per heavy atom. The number of nitrogens with zero attached hydrogens (tertiary/aromatic N) is 2. The number of carbonyl (C=O) groups excluding carboxylic acids is 1. The lowest BCUT2D eigenvalue weighted by Crippen LogP contribution is -2.13. The van der Waals surface area contributed by atoms with E-state index in [4.69, 9.17) is 16.3 Å². The first-order valence-corrected chi connectivity index (χ1v) is 9.90. The highest BCUT2D eigenvalue weighted by Gasteiger charge is 2.15. The summed E-state index contributed by atoms with van der Waals surface area (Å²) in [4.78, 5) is 12.4. The minimum absolute atomic E-state index is 0.337. The molecule has 5 nitrogen and oxygen atoms in total. The predicted octanol–water partition coefficient (Wildman–Crippen LogP) is 5.05. The maximum atomic E-state index is 12.4. The van der Waals surface area contributed by atoms with Gasteiger partial charge in [-0.1, -0.05) is 64.5 Å². The van der Waals surface area contributed by atoms with Gasteiger partial charge in [-0.15, -0.1) is 10.2 Å². The molecule has 0 atom stereocenters. The van der Waals surface area contributed by atoms with Gasteiger partial charge in [0.2, 0.25) is 5.13 Å². The number of rotatable bonds is 6. The minimum atomic E-state index is -0.337. The molecule has 0 saturated carbocycles. The summed E-state index contributed by atoms with van der Waals surface area (Å²) >= 11 is 8.88. The predicted molar refractivity (Wildman–Crippen MR) is 107 cm³/mol. The van der Waals surface area contributed by atoms with Crippen molar-refractivity contribution in [3.05, 3.63) is 64.2 Å². The molecule has 3 rings (SSSR count). The first-order chi connectivity index (χ1) is 12.5. The molecular formula is C18H16ClN3O2S2. The van der Waals surface area contributed by atoms with Crippen LogP contribution in [-0.4, -0.2) is 23.2 Å². The molecule has 0 aliphatic rings. The molecule has 2 aromatic carbocycles. The Kier molecular flexibility index (Phi) is 6.13. The Balaban J connectivity index is 1.64. The van der Waals surface area contributed by atoms with Crippen LogP contribution in [0.1, 0.15) is 21.5 Å². The number of hydrogen-bond donors (Lipinski definition) is 1. The average molecular weight is 406 g/mol. The third-order valence-corrected chi connectivity index (χ3v) is 5.79. The van der Waals surface area contributed by atoms with Crippen LogP contribution in [0, 0.1) is 6.92 Å². The SMILES string of the molecule is COc1ccc(Cl)cc1C(=O)Nc1nnc(SCc2ccc(C)cc2)s1. The number of thioether (sulfide) groups is 1. The van der Waals surface area contributed by atoms with E-state index < -0.39 is 0 Å². The number of carbonyl (C=O) groups is 1. The lowest BCUT2D eigenvalue weighted by atomic mass is 10.2. The molecule has 1 heterocycles. The van der Waals surface area contributed by atoms with Gasteiger partial charge in [0, 0.05) is 10.8 Å². The van der Waals surface area contributed by atoms with E-state index in [1.807, 2.05) is 0 Å². The highest BCUT2D eigenvalue weighted by molar-refractivity contribution is 8.00. The third-order valence-electron chi connectivity index (χ3n) is 3.52. The summed E-state index contributed by atoms with van der Waals surface area (Å²) < 4.78 is 5.99. The number of hydrogen-bond acceptors (Lipinski definition) is 6. The van der Waals surface area contributed by atoms with Crippen molar-refractivity contribution in [3.63, 3.8) is 0 Å². The van der Waals surface area contributed by atoms with E-state index in [1.54, 1.807) is 30.0 Å². The molecule has 0 aliphatic carbocycles. The number of benzene rings is 2. The molecule has 1 N–H and O–H groups in total. The largest absolute Gasteiger partial charge is 0.496 e. The van der Waals surface area contributed by atoms with E-state index in [2.05, 4.69) is 46.7 Å². The number of anilines is 1. The summed E-state index contributed by atoms with van der Waals surface area (Å²) in [6.45, 7) is 2.06. The molecule has 1 aromatic heterocycles. The molecule has 0 radical (unpaired) electrons. The van der Waals surface area contributed by atoms with Crippen LogP contribution < -0.4 is 10.1 Å². The molecular weight excluding hydrogens is 390 g/mol. The number of methoxy groups -OCH3 is 1. The zero-order valence-corrected chi connectivity index (χ0v) is 16.5. The van der Waals surface area contributed by atoms with E-state index in [1.165, 1.54) is 29.6 Å². The van der Waals surface area contributed by atoms with Crippen molar-refractivity contribution in [2.75, 3.05) is 12.4 Å². The lowest BCUT2D eigenvalue weighted by Gasteiger charge is -2.07. The maximum Gasteiger partial charge on any atom is 0.261 e. The fourth-order valence-corrected chi connectivity index (χ4v) is 4.05. The lowest BCUT2D eigenvalue weighted by molar-refractivity contribution is 0.102. The monoisotopic (exact) mass is 405 g/mol. The maximum absolute atomic E-state index is 12.4. The molecule has 0 saturated heterocycles. The van der Waals surface area contributed by atoms with Crippen LogP contribution in [0.2, 0.25) is 5.02 Å². The minimum Gasteiger partial charge on any atom is -0.496 e. The molecule has 0 aliphatic heterocycles. The van der Waals surface area contributed by atoms with E-state index in [-0.39, 0.29) is 5.91 Å². The van der Waals surface area contributed by atoms with Crippen molar-refractivity contribution >= 4 is 45.7 Å². The van der Waals surface area contributed by atoms with Crippen LogP contribution in [0.25, 0.3) is 0 Å². The van der Waals surface area contributed by atoms with Crippen molar-refractivity contribution < 1.29 is 9.53 Å². The van der Waals surface area contributed by atoms with Gasteiger partial charge in [-0.05, 0) is 30.7 Å². The third kappa shape index (κ3) is 4.75. The Hall–Kier alpha value is -2.09. The van der Waals surface area contributed by atoms with Crippen LogP contribution in [-0.2, 0) is 5.75 Å². The standard InChI is InChI=1S/C18H16ClN3O2S2/c1-11-3-5-12(6-4-11)10-25-18-22-21-17(26-18)20-16(23)14-9-13(19)7-8-15(14)24-2/h3-9H,10H2,1-2H3,(H,20,21,23). The fourth-order valence-electron chi connectivity index (χ4n) is 2.17. The van der Waals surface area contributed by atoms with E-state index in [0.29, 0.717) is 21.5 Å². The van der Waals surface area contributed by atoms with Gasteiger partial charge in [-0.25, -0.2) is 0 Å². The highest BCUT2D eigenvalue weighted by Crippen LogP contribution is 2.29. The van der Waals surface area contributed by atoms with Gasteiger partial charge in [0.1, 0.15) is 5.75 Å². The molecule has 26 heavy (non-hydrogen) atoms. The van der Waals surface area contributed by atoms with Crippen molar-refractivity contribution in [3.8, 4) is 5.75 Å². The van der Waals surface area contributed by atoms with Gasteiger partial charge in [0.15, 0.2) is 4.34 Å². The number of halogens is 1. The van der Waals surface area contributed by atoms with E-state index >= 15 is 0 Å². The van der Waals surface area contributed by atoms with Gasteiger partial charge in [-0.3, -0.25) is 10.1 Å². The van der Waals surface area contributed by atoms with Gasteiger partial charge >= 0.3 is 0 Å². The van der Waals surface area contributed by atoms with Crippen LogP contribution in [0.4, 0.5) is 5.13 Å². The van der Waals surface area contributed by atoms with Crippen molar-refractivity contribution in [1.82, 2.24) is 10.2 Å². The summed E-state index contributed by atoms with van der Waals surface area (Å²) in [7, 11) is 1.50. The molecule has 0 fully saturated rings. The van der Waals surface area contributed by atoms with Gasteiger partial charge in [-0.2, -0.15) is 0 Å². The topological polar surface area (TPSA) is 64.1 Å².